The molecule has 3 aliphatic rings. The summed E-state index contributed by atoms with van der Waals surface area (Å²) in [6.07, 6.45) is 3.11. The van der Waals surface area contributed by atoms with Gasteiger partial charge in [-0.1, -0.05) is 5.57 Å². The molecule has 0 aliphatic heterocycles. The van der Waals surface area contributed by atoms with Gasteiger partial charge in [0.15, 0.2) is 5.78 Å². The van der Waals surface area contributed by atoms with Crippen LogP contribution in [0.5, 0.6) is 0 Å². The van der Waals surface area contributed by atoms with Gasteiger partial charge in [-0.2, -0.15) is 0 Å². The van der Waals surface area contributed by atoms with Crippen LogP contribution >= 0.6 is 0 Å². The first-order valence-electron chi connectivity index (χ1n) is 5.01. The van der Waals surface area contributed by atoms with Crippen molar-refractivity contribution in [2.75, 3.05) is 13.7 Å². The van der Waals surface area contributed by atoms with E-state index in [9.17, 15) is 9.90 Å². The molecule has 3 heteroatoms. The van der Waals surface area contributed by atoms with Crippen molar-refractivity contribution in [3.8, 4) is 0 Å². The molecule has 3 unspecified atom stereocenters. The standard InChI is InChI=1S/C11H16O3/c1-7-4-11(14-2)5-8(6-12)9(7)3-10(11)13/h4,8-9,12H,3,5-6H2,1-2H3. The minimum Gasteiger partial charge on any atom is -0.396 e. The highest BCUT2D eigenvalue weighted by molar-refractivity contribution is 5.92. The van der Waals surface area contributed by atoms with Gasteiger partial charge in [-0.3, -0.25) is 4.79 Å². The fraction of sp³-hybridized carbons (Fsp3) is 0.727. The predicted molar refractivity (Wildman–Crippen MR) is 51.8 cm³/mol. The minimum atomic E-state index is -0.730. The molecule has 0 aromatic carbocycles. The number of Topliss-reactive ketones (excluding diaryl/α,β-unsaturated/α-hetero) is 1. The molecule has 0 saturated heterocycles. The topological polar surface area (TPSA) is 46.5 Å². The molecule has 0 spiro atoms. The van der Waals surface area contributed by atoms with Crippen LogP contribution in [0.15, 0.2) is 11.6 Å². The highest BCUT2D eigenvalue weighted by Gasteiger charge is 2.50. The van der Waals surface area contributed by atoms with Crippen molar-refractivity contribution >= 4 is 5.78 Å². The normalized spacial score (nSPS) is 41.4. The maximum absolute atomic E-state index is 11.8. The van der Waals surface area contributed by atoms with Crippen LogP contribution in [0.25, 0.3) is 0 Å². The van der Waals surface area contributed by atoms with E-state index in [0.717, 1.165) is 0 Å². The minimum absolute atomic E-state index is 0.147. The first-order valence-corrected chi connectivity index (χ1v) is 5.01. The molecule has 0 radical (unpaired) electrons. The largest absolute Gasteiger partial charge is 0.396 e. The predicted octanol–water partition coefficient (Wildman–Crippen LogP) is 0.919. The van der Waals surface area contributed by atoms with Gasteiger partial charge in [0.05, 0.1) is 0 Å². The Balaban J connectivity index is 2.39. The average Bonchev–Trinajstić information content (AvgIpc) is 2.19. The molecule has 2 bridgehead atoms. The maximum Gasteiger partial charge on any atom is 0.169 e. The van der Waals surface area contributed by atoms with Crippen molar-refractivity contribution in [2.24, 2.45) is 11.8 Å². The molecule has 0 heterocycles. The number of aliphatic hydroxyl groups excluding tert-OH is 1. The first kappa shape index (κ1) is 9.87. The average molecular weight is 196 g/mol. The Morgan fingerprint density at radius 3 is 3.00 bits per heavy atom. The molecular formula is C11H16O3. The van der Waals surface area contributed by atoms with Crippen LogP contribution in [0, 0.1) is 11.8 Å². The summed E-state index contributed by atoms with van der Waals surface area (Å²) in [5, 5.41) is 9.23. The Morgan fingerprint density at radius 1 is 1.71 bits per heavy atom. The van der Waals surface area contributed by atoms with E-state index in [0.29, 0.717) is 12.8 Å². The van der Waals surface area contributed by atoms with Crippen molar-refractivity contribution < 1.29 is 14.6 Å². The smallest absolute Gasteiger partial charge is 0.169 e. The third kappa shape index (κ3) is 1.16. The second-order valence-electron chi connectivity index (χ2n) is 4.36. The number of hydrogen-bond donors (Lipinski definition) is 1. The van der Waals surface area contributed by atoms with Crippen LogP contribution in [-0.4, -0.2) is 30.2 Å². The van der Waals surface area contributed by atoms with Gasteiger partial charge < -0.3 is 9.84 Å². The van der Waals surface area contributed by atoms with E-state index in [-0.39, 0.29) is 24.2 Å². The van der Waals surface area contributed by atoms with Crippen LogP contribution in [0.2, 0.25) is 0 Å². The highest BCUT2D eigenvalue weighted by Crippen LogP contribution is 2.46. The summed E-state index contributed by atoms with van der Waals surface area (Å²) in [5.74, 6) is 0.600. The number of carbonyl (C=O) groups excluding carboxylic acids is 1. The molecule has 1 N–H and O–H groups in total. The molecule has 0 aromatic heterocycles. The summed E-state index contributed by atoms with van der Waals surface area (Å²) in [4.78, 5) is 11.8. The lowest BCUT2D eigenvalue weighted by Crippen LogP contribution is -2.52. The summed E-state index contributed by atoms with van der Waals surface area (Å²) < 4.78 is 5.34. The molecule has 14 heavy (non-hydrogen) atoms. The van der Waals surface area contributed by atoms with E-state index >= 15 is 0 Å². The van der Waals surface area contributed by atoms with Gasteiger partial charge in [0, 0.05) is 20.1 Å². The zero-order valence-electron chi connectivity index (χ0n) is 8.62. The Labute approximate surface area is 83.8 Å². The molecule has 1 saturated carbocycles. The van der Waals surface area contributed by atoms with Gasteiger partial charge in [0.2, 0.25) is 0 Å². The molecule has 1 fully saturated rings. The Hall–Kier alpha value is -0.670. The number of ketones is 1. The summed E-state index contributed by atoms with van der Waals surface area (Å²) in [6, 6.07) is 0. The summed E-state index contributed by atoms with van der Waals surface area (Å²) in [7, 11) is 1.57. The van der Waals surface area contributed by atoms with E-state index in [2.05, 4.69) is 0 Å². The number of rotatable bonds is 2. The molecule has 0 aromatic rings. The van der Waals surface area contributed by atoms with Crippen LogP contribution in [0.1, 0.15) is 19.8 Å². The number of ether oxygens (including phenoxy) is 1. The van der Waals surface area contributed by atoms with E-state index in [1.54, 1.807) is 7.11 Å². The van der Waals surface area contributed by atoms with Crippen LogP contribution in [0.4, 0.5) is 0 Å². The van der Waals surface area contributed by atoms with Gasteiger partial charge in [-0.05, 0) is 31.3 Å². The van der Waals surface area contributed by atoms with Gasteiger partial charge in [-0.15, -0.1) is 0 Å². The third-order valence-corrected chi connectivity index (χ3v) is 3.66. The lowest BCUT2D eigenvalue weighted by atomic mass is 9.63. The Bertz CT molecular complexity index is 295. The summed E-state index contributed by atoms with van der Waals surface area (Å²) >= 11 is 0. The van der Waals surface area contributed by atoms with Crippen molar-refractivity contribution in [1.29, 1.82) is 0 Å². The highest BCUT2D eigenvalue weighted by atomic mass is 16.5. The molecule has 3 nitrogen and oxygen atoms in total. The number of hydrogen-bond acceptors (Lipinski definition) is 3. The van der Waals surface area contributed by atoms with E-state index in [4.69, 9.17) is 4.74 Å². The molecule has 3 atom stereocenters. The molecular weight excluding hydrogens is 180 g/mol. The molecule has 3 aliphatic carbocycles. The quantitative estimate of drug-likeness (QED) is 0.668. The van der Waals surface area contributed by atoms with E-state index in [1.165, 1.54) is 5.57 Å². The zero-order valence-corrected chi connectivity index (χ0v) is 8.62. The third-order valence-electron chi connectivity index (χ3n) is 3.66. The SMILES string of the molecule is COC12C=C(C)C(CC1=O)C(CO)C2. The lowest BCUT2D eigenvalue weighted by Gasteiger charge is -2.46. The van der Waals surface area contributed by atoms with E-state index < -0.39 is 5.60 Å². The number of methoxy groups -OCH3 is 1. The van der Waals surface area contributed by atoms with Crippen molar-refractivity contribution in [3.05, 3.63) is 11.6 Å². The maximum atomic E-state index is 11.8. The second-order valence-corrected chi connectivity index (χ2v) is 4.36. The van der Waals surface area contributed by atoms with Crippen LogP contribution in [0.3, 0.4) is 0 Å². The van der Waals surface area contributed by atoms with Crippen molar-refractivity contribution in [2.45, 2.75) is 25.4 Å². The zero-order chi connectivity index (χ0) is 10.3. The van der Waals surface area contributed by atoms with E-state index in [1.807, 2.05) is 13.0 Å². The van der Waals surface area contributed by atoms with Gasteiger partial charge >= 0.3 is 0 Å². The summed E-state index contributed by atoms with van der Waals surface area (Å²) in [6.45, 7) is 2.17. The van der Waals surface area contributed by atoms with Gasteiger partial charge in [0.1, 0.15) is 5.60 Å². The van der Waals surface area contributed by atoms with Crippen LogP contribution in [-0.2, 0) is 9.53 Å². The van der Waals surface area contributed by atoms with Gasteiger partial charge in [0.25, 0.3) is 0 Å². The molecule has 0 amide bonds. The lowest BCUT2D eigenvalue weighted by molar-refractivity contribution is -0.146. The number of carbonyl (C=O) groups is 1. The van der Waals surface area contributed by atoms with Crippen molar-refractivity contribution in [3.63, 3.8) is 0 Å². The van der Waals surface area contributed by atoms with Crippen molar-refractivity contribution in [1.82, 2.24) is 0 Å². The fourth-order valence-corrected chi connectivity index (χ4v) is 2.78. The number of fused-ring (bicyclic) bond motifs is 2. The van der Waals surface area contributed by atoms with Crippen LogP contribution < -0.4 is 0 Å². The second kappa shape index (κ2) is 3.17. The molecule has 3 rings (SSSR count). The fourth-order valence-electron chi connectivity index (χ4n) is 2.78. The Kier molecular flexibility index (Phi) is 2.24. The molecule has 78 valence electrons. The Morgan fingerprint density at radius 2 is 2.43 bits per heavy atom. The number of aliphatic hydroxyl groups is 1. The monoisotopic (exact) mass is 196 g/mol. The first-order chi connectivity index (χ1) is 6.63. The van der Waals surface area contributed by atoms with Gasteiger partial charge in [-0.25, -0.2) is 0 Å². The summed E-state index contributed by atoms with van der Waals surface area (Å²) in [5.41, 5.74) is 0.462. The number of allylic oxidation sites excluding steroid dienone is 1.